The number of anilines is 2. The summed E-state index contributed by atoms with van der Waals surface area (Å²) in [5.74, 6) is -0.725. The lowest BCUT2D eigenvalue weighted by molar-refractivity contribution is -0.124. The molecule has 2 aromatic carbocycles. The van der Waals surface area contributed by atoms with Gasteiger partial charge in [-0.3, -0.25) is 9.59 Å². The molecular formula is C24H22N6O2S2. The van der Waals surface area contributed by atoms with Gasteiger partial charge in [-0.1, -0.05) is 89.8 Å². The zero-order valence-corrected chi connectivity index (χ0v) is 19.8. The minimum atomic E-state index is -0.247. The zero-order valence-electron chi connectivity index (χ0n) is 18.2. The normalized spacial score (nSPS) is 17.8. The van der Waals surface area contributed by atoms with Crippen LogP contribution in [0.4, 0.5) is 10.3 Å². The van der Waals surface area contributed by atoms with E-state index in [4.69, 9.17) is 0 Å². The van der Waals surface area contributed by atoms with Gasteiger partial charge in [-0.15, -0.1) is 20.4 Å². The average molecular weight is 491 g/mol. The second-order valence-corrected chi connectivity index (χ2v) is 10.1. The maximum atomic E-state index is 12.9. The minimum Gasteiger partial charge on any atom is -0.300 e. The predicted octanol–water partition coefficient (Wildman–Crippen LogP) is 5.11. The molecule has 0 bridgehead atoms. The number of carbonyl (C=O) groups excluding carboxylic acids is 2. The molecule has 1 saturated carbocycles. The molecule has 0 aliphatic heterocycles. The Morgan fingerprint density at radius 2 is 1.12 bits per heavy atom. The lowest BCUT2D eigenvalue weighted by Crippen LogP contribution is -2.33. The summed E-state index contributed by atoms with van der Waals surface area (Å²) in [5, 5.41) is 24.8. The summed E-state index contributed by atoms with van der Waals surface area (Å²) in [6, 6.07) is 19.5. The Kier molecular flexibility index (Phi) is 6.68. The van der Waals surface area contributed by atoms with Crippen molar-refractivity contribution in [2.24, 2.45) is 11.8 Å². The molecular weight excluding hydrogens is 468 g/mol. The summed E-state index contributed by atoms with van der Waals surface area (Å²) in [7, 11) is 0. The molecule has 2 N–H and O–H groups in total. The van der Waals surface area contributed by atoms with Crippen molar-refractivity contribution in [3.05, 3.63) is 60.7 Å². The standard InChI is InChI=1S/C24H22N6O2S2/c31-19(25-23-29-27-21(33-23)15-8-3-1-4-9-15)17-12-7-13-18(14-17)20(32)26-24-30-28-22(34-24)16-10-5-2-6-11-16/h1-6,8-11,17-18H,7,12-14H2,(H,25,29,31)(H,26,30,32). The molecule has 0 radical (unpaired) electrons. The first kappa shape index (κ1) is 22.3. The van der Waals surface area contributed by atoms with E-state index in [1.165, 1.54) is 22.7 Å². The topological polar surface area (TPSA) is 110 Å². The van der Waals surface area contributed by atoms with Crippen LogP contribution in [0.25, 0.3) is 21.1 Å². The number of rotatable bonds is 6. The highest BCUT2D eigenvalue weighted by atomic mass is 32.1. The Bertz CT molecular complexity index is 1180. The summed E-state index contributed by atoms with van der Waals surface area (Å²) in [6.45, 7) is 0. The van der Waals surface area contributed by atoms with E-state index in [2.05, 4.69) is 31.0 Å². The quantitative estimate of drug-likeness (QED) is 0.389. The average Bonchev–Trinajstić information content (AvgIpc) is 3.55. The maximum Gasteiger partial charge on any atom is 0.229 e. The summed E-state index contributed by atoms with van der Waals surface area (Å²) >= 11 is 2.68. The molecule has 172 valence electrons. The van der Waals surface area contributed by atoms with Crippen LogP contribution >= 0.6 is 22.7 Å². The van der Waals surface area contributed by atoms with Gasteiger partial charge in [-0.2, -0.15) is 0 Å². The van der Waals surface area contributed by atoms with Crippen molar-refractivity contribution in [2.75, 3.05) is 10.6 Å². The van der Waals surface area contributed by atoms with E-state index in [0.29, 0.717) is 16.7 Å². The van der Waals surface area contributed by atoms with Gasteiger partial charge in [-0.05, 0) is 19.3 Å². The maximum absolute atomic E-state index is 12.9. The number of hydrogen-bond acceptors (Lipinski definition) is 8. The first-order valence-corrected chi connectivity index (χ1v) is 12.7. The van der Waals surface area contributed by atoms with Crippen molar-refractivity contribution in [1.29, 1.82) is 0 Å². The van der Waals surface area contributed by atoms with Crippen LogP contribution in [0.5, 0.6) is 0 Å². The number of hydrogen-bond donors (Lipinski definition) is 2. The van der Waals surface area contributed by atoms with E-state index in [1.54, 1.807) is 0 Å². The highest BCUT2D eigenvalue weighted by Crippen LogP contribution is 2.33. The number of nitrogens with one attached hydrogen (secondary N) is 2. The van der Waals surface area contributed by atoms with E-state index in [9.17, 15) is 9.59 Å². The zero-order chi connectivity index (χ0) is 23.3. The highest BCUT2D eigenvalue weighted by Gasteiger charge is 2.32. The van der Waals surface area contributed by atoms with Crippen LogP contribution in [-0.4, -0.2) is 32.2 Å². The molecule has 34 heavy (non-hydrogen) atoms. The van der Waals surface area contributed by atoms with Gasteiger partial charge >= 0.3 is 0 Å². The van der Waals surface area contributed by atoms with Gasteiger partial charge in [0.25, 0.3) is 0 Å². The van der Waals surface area contributed by atoms with E-state index < -0.39 is 0 Å². The molecule has 0 saturated heterocycles. The van der Waals surface area contributed by atoms with Gasteiger partial charge in [0.05, 0.1) is 0 Å². The monoisotopic (exact) mass is 490 g/mol. The Morgan fingerprint density at radius 3 is 1.56 bits per heavy atom. The van der Waals surface area contributed by atoms with Gasteiger partial charge in [-0.25, -0.2) is 0 Å². The number of amides is 2. The van der Waals surface area contributed by atoms with Crippen LogP contribution in [0.2, 0.25) is 0 Å². The number of carbonyl (C=O) groups is 2. The van der Waals surface area contributed by atoms with Crippen molar-refractivity contribution in [1.82, 2.24) is 20.4 Å². The summed E-state index contributed by atoms with van der Waals surface area (Å²) in [4.78, 5) is 25.8. The molecule has 4 aromatic rings. The highest BCUT2D eigenvalue weighted by molar-refractivity contribution is 7.19. The Hall–Kier alpha value is -3.50. The predicted molar refractivity (Wildman–Crippen MR) is 133 cm³/mol. The molecule has 5 rings (SSSR count). The molecule has 2 atom stereocenters. The van der Waals surface area contributed by atoms with Crippen LogP contribution < -0.4 is 10.6 Å². The molecule has 10 heteroatoms. The van der Waals surface area contributed by atoms with Gasteiger partial charge in [0.15, 0.2) is 0 Å². The molecule has 2 unspecified atom stereocenters. The third-order valence-electron chi connectivity index (χ3n) is 5.77. The van der Waals surface area contributed by atoms with Crippen molar-refractivity contribution in [3.8, 4) is 21.1 Å². The van der Waals surface area contributed by atoms with Crippen molar-refractivity contribution < 1.29 is 9.59 Å². The summed E-state index contributed by atoms with van der Waals surface area (Å²) < 4.78 is 0. The van der Waals surface area contributed by atoms with Gasteiger partial charge in [0.1, 0.15) is 10.0 Å². The summed E-state index contributed by atoms with van der Waals surface area (Å²) in [6.07, 6.45) is 2.80. The smallest absolute Gasteiger partial charge is 0.229 e. The number of aromatic nitrogens is 4. The second-order valence-electron chi connectivity index (χ2n) is 8.10. The number of nitrogens with zero attached hydrogens (tertiary/aromatic N) is 4. The van der Waals surface area contributed by atoms with Crippen LogP contribution in [0, 0.1) is 11.8 Å². The van der Waals surface area contributed by atoms with Crippen LogP contribution in [0.1, 0.15) is 25.7 Å². The van der Waals surface area contributed by atoms with Gasteiger partial charge in [0, 0.05) is 23.0 Å². The first-order chi connectivity index (χ1) is 16.7. The Balaban J connectivity index is 1.18. The van der Waals surface area contributed by atoms with Crippen LogP contribution in [0.3, 0.4) is 0 Å². The largest absolute Gasteiger partial charge is 0.300 e. The number of benzene rings is 2. The lowest BCUT2D eigenvalue weighted by atomic mass is 9.80. The molecule has 2 aromatic heterocycles. The van der Waals surface area contributed by atoms with E-state index in [-0.39, 0.29) is 23.7 Å². The molecule has 1 aliphatic carbocycles. The van der Waals surface area contributed by atoms with Gasteiger partial charge < -0.3 is 10.6 Å². The van der Waals surface area contributed by atoms with Crippen molar-refractivity contribution in [2.45, 2.75) is 25.7 Å². The Morgan fingerprint density at radius 1 is 0.676 bits per heavy atom. The molecule has 2 heterocycles. The van der Waals surface area contributed by atoms with Crippen molar-refractivity contribution >= 4 is 44.8 Å². The third kappa shape index (κ3) is 5.18. The molecule has 0 spiro atoms. The fraction of sp³-hybridized carbons (Fsp3) is 0.250. The Labute approximate surface area is 204 Å². The molecule has 1 aliphatic rings. The fourth-order valence-corrected chi connectivity index (χ4v) is 5.53. The fourth-order valence-electron chi connectivity index (χ4n) is 4.02. The molecule has 1 fully saturated rings. The molecule has 2 amide bonds. The second kappa shape index (κ2) is 10.2. The van der Waals surface area contributed by atoms with E-state index >= 15 is 0 Å². The van der Waals surface area contributed by atoms with Crippen LogP contribution in [0.15, 0.2) is 60.7 Å². The first-order valence-electron chi connectivity index (χ1n) is 11.1. The minimum absolute atomic E-state index is 0.115. The van der Waals surface area contributed by atoms with E-state index in [0.717, 1.165) is 40.4 Å². The summed E-state index contributed by atoms with van der Waals surface area (Å²) in [5.41, 5.74) is 1.92. The van der Waals surface area contributed by atoms with Gasteiger partial charge in [0.2, 0.25) is 22.1 Å². The van der Waals surface area contributed by atoms with Crippen molar-refractivity contribution in [3.63, 3.8) is 0 Å². The lowest BCUT2D eigenvalue weighted by Gasteiger charge is -2.26. The SMILES string of the molecule is O=C(Nc1nnc(-c2ccccc2)s1)C1CCCC(C(=O)Nc2nnc(-c3ccccc3)s2)C1. The third-order valence-corrected chi connectivity index (χ3v) is 7.54. The molecule has 8 nitrogen and oxygen atoms in total. The van der Waals surface area contributed by atoms with Crippen LogP contribution in [-0.2, 0) is 9.59 Å². The van der Waals surface area contributed by atoms with E-state index in [1.807, 2.05) is 60.7 Å².